The molecule has 2 N–H and O–H groups in total. The molecular weight excluding hydrogens is 380 g/mol. The van der Waals surface area contributed by atoms with Crippen LogP contribution in [0.15, 0.2) is 45.8 Å². The Labute approximate surface area is 144 Å². The summed E-state index contributed by atoms with van der Waals surface area (Å²) < 4.78 is 34.0. The van der Waals surface area contributed by atoms with E-state index in [9.17, 15) is 8.42 Å². The molecule has 0 saturated heterocycles. The van der Waals surface area contributed by atoms with Crippen LogP contribution in [0.3, 0.4) is 0 Å². The monoisotopic (exact) mass is 396 g/mol. The van der Waals surface area contributed by atoms with Crippen molar-refractivity contribution in [3.8, 4) is 5.75 Å². The Bertz CT molecular complexity index is 820. The molecule has 0 fully saturated rings. The lowest BCUT2D eigenvalue weighted by molar-refractivity contribution is 0.415. The Morgan fingerprint density at radius 3 is 2.65 bits per heavy atom. The van der Waals surface area contributed by atoms with Crippen molar-refractivity contribution in [2.45, 2.75) is 17.7 Å². The van der Waals surface area contributed by atoms with E-state index in [1.165, 1.54) is 0 Å². The summed E-state index contributed by atoms with van der Waals surface area (Å²) in [5.41, 5.74) is 2.21. The molecule has 23 heavy (non-hydrogen) atoms. The minimum atomic E-state index is -3.68. The van der Waals surface area contributed by atoms with Crippen LogP contribution in [0, 0.1) is 0 Å². The third-order valence-electron chi connectivity index (χ3n) is 3.71. The van der Waals surface area contributed by atoms with E-state index in [2.05, 4.69) is 26.0 Å². The number of hydrogen-bond acceptors (Lipinski definition) is 4. The fraction of sp³-hybridized carbons (Fsp3) is 0.250. The molecule has 122 valence electrons. The highest BCUT2D eigenvalue weighted by molar-refractivity contribution is 9.10. The average Bonchev–Trinajstić information content (AvgIpc) is 2.54. The number of sulfonamides is 1. The predicted molar refractivity (Wildman–Crippen MR) is 94.8 cm³/mol. The van der Waals surface area contributed by atoms with Gasteiger partial charge in [-0.1, -0.05) is 15.9 Å². The van der Waals surface area contributed by atoms with Gasteiger partial charge in [-0.15, -0.1) is 0 Å². The van der Waals surface area contributed by atoms with Crippen LogP contribution in [0.5, 0.6) is 5.75 Å². The lowest BCUT2D eigenvalue weighted by Crippen LogP contribution is -2.19. The summed E-state index contributed by atoms with van der Waals surface area (Å²) in [6.07, 6.45) is 1.86. The molecule has 3 rings (SSSR count). The van der Waals surface area contributed by atoms with E-state index in [0.717, 1.165) is 29.4 Å². The van der Waals surface area contributed by atoms with Crippen LogP contribution < -0.4 is 14.8 Å². The number of ether oxygens (including phenoxy) is 1. The number of fused-ring (bicyclic) bond motifs is 1. The summed E-state index contributed by atoms with van der Waals surface area (Å²) in [5.74, 6) is 0.675. The Hall–Kier alpha value is -1.73. The summed E-state index contributed by atoms with van der Waals surface area (Å²) in [7, 11) is -2.11. The molecule has 0 aliphatic carbocycles. The number of benzene rings is 2. The summed E-state index contributed by atoms with van der Waals surface area (Å²) in [4.78, 5) is 0.261. The SMILES string of the molecule is COc1ccc(NS(=O)(=O)c2cc(Br)cc3c2NCCC3)cc1. The molecule has 1 aliphatic rings. The van der Waals surface area contributed by atoms with Gasteiger partial charge in [0.2, 0.25) is 0 Å². The molecule has 0 spiro atoms. The van der Waals surface area contributed by atoms with Gasteiger partial charge < -0.3 is 10.1 Å². The lowest BCUT2D eigenvalue weighted by Gasteiger charge is -2.22. The maximum atomic E-state index is 12.8. The zero-order chi connectivity index (χ0) is 16.4. The van der Waals surface area contributed by atoms with Gasteiger partial charge in [0.15, 0.2) is 0 Å². The fourth-order valence-electron chi connectivity index (χ4n) is 2.61. The minimum absolute atomic E-state index is 0.261. The standard InChI is InChI=1S/C16H17BrN2O3S/c1-22-14-6-4-13(5-7-14)19-23(20,21)15-10-12(17)9-11-3-2-8-18-16(11)15/h4-7,9-10,18-19H,2-3,8H2,1H3. The van der Waals surface area contributed by atoms with Crippen molar-refractivity contribution in [1.82, 2.24) is 0 Å². The van der Waals surface area contributed by atoms with E-state index in [4.69, 9.17) is 4.74 Å². The first kappa shape index (κ1) is 16.1. The molecule has 5 nitrogen and oxygen atoms in total. The van der Waals surface area contributed by atoms with E-state index < -0.39 is 10.0 Å². The third-order valence-corrected chi connectivity index (χ3v) is 5.57. The molecule has 0 unspecified atom stereocenters. The Kier molecular flexibility index (Phi) is 4.50. The molecule has 0 aromatic heterocycles. The van der Waals surface area contributed by atoms with Crippen LogP contribution in [0.2, 0.25) is 0 Å². The topological polar surface area (TPSA) is 67.4 Å². The van der Waals surface area contributed by atoms with Crippen molar-refractivity contribution >= 4 is 37.3 Å². The number of aryl methyl sites for hydroxylation is 1. The van der Waals surface area contributed by atoms with Gasteiger partial charge in [-0.25, -0.2) is 8.42 Å². The Balaban J connectivity index is 1.97. The van der Waals surface area contributed by atoms with Gasteiger partial charge in [-0.05, 0) is 54.8 Å². The normalized spacial score (nSPS) is 13.8. The molecule has 1 aliphatic heterocycles. The fourth-order valence-corrected chi connectivity index (χ4v) is 4.57. The second kappa shape index (κ2) is 6.41. The molecule has 0 amide bonds. The third kappa shape index (κ3) is 3.45. The quantitative estimate of drug-likeness (QED) is 0.827. The van der Waals surface area contributed by atoms with Gasteiger partial charge in [0.1, 0.15) is 10.6 Å². The second-order valence-corrected chi connectivity index (χ2v) is 7.87. The van der Waals surface area contributed by atoms with Gasteiger partial charge in [-0.2, -0.15) is 0 Å². The highest BCUT2D eigenvalue weighted by Crippen LogP contribution is 2.34. The van der Waals surface area contributed by atoms with E-state index in [0.29, 0.717) is 17.1 Å². The van der Waals surface area contributed by atoms with Crippen molar-refractivity contribution < 1.29 is 13.2 Å². The maximum Gasteiger partial charge on any atom is 0.264 e. The molecule has 0 atom stereocenters. The van der Waals surface area contributed by atoms with Crippen molar-refractivity contribution in [2.75, 3.05) is 23.7 Å². The van der Waals surface area contributed by atoms with Crippen molar-refractivity contribution in [2.24, 2.45) is 0 Å². The Morgan fingerprint density at radius 1 is 1.22 bits per heavy atom. The molecule has 2 aromatic carbocycles. The van der Waals surface area contributed by atoms with E-state index in [-0.39, 0.29) is 4.90 Å². The molecular formula is C16H17BrN2O3S. The summed E-state index contributed by atoms with van der Waals surface area (Å²) >= 11 is 3.40. The van der Waals surface area contributed by atoms with E-state index in [1.54, 1.807) is 37.4 Å². The summed E-state index contributed by atoms with van der Waals surface area (Å²) in [6, 6.07) is 10.4. The highest BCUT2D eigenvalue weighted by Gasteiger charge is 2.23. The number of hydrogen-bond donors (Lipinski definition) is 2. The zero-order valence-corrected chi connectivity index (χ0v) is 15.0. The van der Waals surface area contributed by atoms with Crippen molar-refractivity contribution in [1.29, 1.82) is 0 Å². The largest absolute Gasteiger partial charge is 0.497 e. The number of anilines is 2. The summed E-state index contributed by atoms with van der Waals surface area (Å²) in [6.45, 7) is 0.777. The van der Waals surface area contributed by atoms with Crippen LogP contribution in [0.4, 0.5) is 11.4 Å². The first-order chi connectivity index (χ1) is 11.0. The second-order valence-electron chi connectivity index (χ2n) is 5.30. The minimum Gasteiger partial charge on any atom is -0.497 e. The van der Waals surface area contributed by atoms with Crippen LogP contribution >= 0.6 is 15.9 Å². The van der Waals surface area contributed by atoms with Crippen LogP contribution in [0.1, 0.15) is 12.0 Å². The van der Waals surface area contributed by atoms with Gasteiger partial charge in [0, 0.05) is 16.7 Å². The van der Waals surface area contributed by atoms with E-state index in [1.807, 2.05) is 6.07 Å². The smallest absolute Gasteiger partial charge is 0.264 e. The number of halogens is 1. The highest BCUT2D eigenvalue weighted by atomic mass is 79.9. The Morgan fingerprint density at radius 2 is 1.96 bits per heavy atom. The first-order valence-electron chi connectivity index (χ1n) is 7.23. The predicted octanol–water partition coefficient (Wildman–Crippen LogP) is 3.62. The van der Waals surface area contributed by atoms with Gasteiger partial charge in [0.05, 0.1) is 12.8 Å². The van der Waals surface area contributed by atoms with Crippen molar-refractivity contribution in [3.05, 3.63) is 46.4 Å². The number of methoxy groups -OCH3 is 1. The zero-order valence-electron chi connectivity index (χ0n) is 12.6. The number of nitrogens with one attached hydrogen (secondary N) is 2. The van der Waals surface area contributed by atoms with Gasteiger partial charge in [0.25, 0.3) is 10.0 Å². The number of rotatable bonds is 4. The molecule has 0 radical (unpaired) electrons. The first-order valence-corrected chi connectivity index (χ1v) is 9.50. The molecule has 1 heterocycles. The molecule has 7 heteroatoms. The molecule has 0 saturated carbocycles. The van der Waals surface area contributed by atoms with Crippen LogP contribution in [0.25, 0.3) is 0 Å². The lowest BCUT2D eigenvalue weighted by atomic mass is 10.0. The van der Waals surface area contributed by atoms with E-state index >= 15 is 0 Å². The van der Waals surface area contributed by atoms with Gasteiger partial charge >= 0.3 is 0 Å². The molecule has 2 aromatic rings. The van der Waals surface area contributed by atoms with Crippen molar-refractivity contribution in [3.63, 3.8) is 0 Å². The van der Waals surface area contributed by atoms with Crippen LogP contribution in [-0.2, 0) is 16.4 Å². The van der Waals surface area contributed by atoms with Gasteiger partial charge in [-0.3, -0.25) is 4.72 Å². The molecule has 0 bridgehead atoms. The average molecular weight is 397 g/mol. The summed E-state index contributed by atoms with van der Waals surface area (Å²) in [5, 5.41) is 3.21. The maximum absolute atomic E-state index is 12.8. The van der Waals surface area contributed by atoms with Crippen LogP contribution in [-0.4, -0.2) is 22.1 Å².